The summed E-state index contributed by atoms with van der Waals surface area (Å²) in [5.74, 6) is 0. The molecule has 0 aliphatic rings. The van der Waals surface area contributed by atoms with Crippen LogP contribution in [0.25, 0.3) is 10.9 Å². The molecule has 0 amide bonds. The lowest BCUT2D eigenvalue weighted by Gasteiger charge is -2.14. The normalized spacial score (nSPS) is 12.5. The molecule has 0 radical (unpaired) electrons. The number of halogens is 1. The van der Waals surface area contributed by atoms with E-state index in [-0.39, 0.29) is 0 Å². The largest absolute Gasteiger partial charge is 0.384 e. The molecule has 3 aromatic rings. The van der Waals surface area contributed by atoms with E-state index in [1.165, 1.54) is 0 Å². The number of aliphatic hydroxyl groups is 1. The number of pyridine rings is 1. The molecule has 2 aromatic carbocycles. The molecule has 1 aromatic heterocycles. The van der Waals surface area contributed by atoms with E-state index in [1.54, 1.807) is 18.3 Å². The van der Waals surface area contributed by atoms with E-state index >= 15 is 0 Å². The highest BCUT2D eigenvalue weighted by Crippen LogP contribution is 2.28. The highest BCUT2D eigenvalue weighted by molar-refractivity contribution is 6.30. The topological polar surface area (TPSA) is 33.1 Å². The van der Waals surface area contributed by atoms with Crippen LogP contribution in [0.5, 0.6) is 0 Å². The number of aliphatic hydroxyl groups excluding tert-OH is 1. The van der Waals surface area contributed by atoms with E-state index < -0.39 is 6.10 Å². The first-order valence-corrected chi connectivity index (χ1v) is 6.41. The first kappa shape index (κ1) is 12.2. The molecule has 3 rings (SSSR count). The van der Waals surface area contributed by atoms with E-state index in [9.17, 15) is 5.11 Å². The maximum absolute atomic E-state index is 10.5. The van der Waals surface area contributed by atoms with Crippen LogP contribution in [0.4, 0.5) is 0 Å². The maximum atomic E-state index is 10.5. The van der Waals surface area contributed by atoms with Gasteiger partial charge in [-0.1, -0.05) is 41.9 Å². The molecular formula is C16H12ClNO. The van der Waals surface area contributed by atoms with Crippen molar-refractivity contribution in [3.8, 4) is 0 Å². The Kier molecular flexibility index (Phi) is 3.20. The monoisotopic (exact) mass is 269 g/mol. The number of hydrogen-bond acceptors (Lipinski definition) is 2. The fraction of sp³-hybridized carbons (Fsp3) is 0.0625. The summed E-state index contributed by atoms with van der Waals surface area (Å²) in [6, 6.07) is 16.9. The predicted octanol–water partition coefficient (Wildman–Crippen LogP) is 3.97. The Morgan fingerprint density at radius 1 is 1.00 bits per heavy atom. The molecule has 0 bridgehead atoms. The zero-order chi connectivity index (χ0) is 13.2. The Morgan fingerprint density at radius 2 is 1.84 bits per heavy atom. The van der Waals surface area contributed by atoms with E-state index in [0.29, 0.717) is 5.02 Å². The molecule has 0 saturated heterocycles. The highest BCUT2D eigenvalue weighted by atomic mass is 35.5. The van der Waals surface area contributed by atoms with Gasteiger partial charge in [0.05, 0.1) is 5.52 Å². The van der Waals surface area contributed by atoms with Crippen LogP contribution in [0.2, 0.25) is 5.02 Å². The minimum absolute atomic E-state index is 0.620. The molecule has 1 unspecified atom stereocenters. The minimum Gasteiger partial charge on any atom is -0.384 e. The van der Waals surface area contributed by atoms with Crippen molar-refractivity contribution < 1.29 is 5.11 Å². The summed E-state index contributed by atoms with van der Waals surface area (Å²) < 4.78 is 0. The van der Waals surface area contributed by atoms with Gasteiger partial charge in [-0.05, 0) is 35.4 Å². The summed E-state index contributed by atoms with van der Waals surface area (Å²) in [6.45, 7) is 0. The van der Waals surface area contributed by atoms with E-state index in [0.717, 1.165) is 22.0 Å². The lowest BCUT2D eigenvalue weighted by Crippen LogP contribution is -2.01. The Labute approximate surface area is 116 Å². The van der Waals surface area contributed by atoms with Crippen LogP contribution in [0.15, 0.2) is 60.8 Å². The van der Waals surface area contributed by atoms with Crippen molar-refractivity contribution in [1.29, 1.82) is 0 Å². The third-order valence-electron chi connectivity index (χ3n) is 3.14. The molecule has 94 valence electrons. The second-order valence-electron chi connectivity index (χ2n) is 4.37. The predicted molar refractivity (Wildman–Crippen MR) is 77.3 cm³/mol. The number of nitrogens with zero attached hydrogens (tertiary/aromatic N) is 1. The van der Waals surface area contributed by atoms with Crippen molar-refractivity contribution in [2.45, 2.75) is 6.10 Å². The molecule has 0 fully saturated rings. The number of fused-ring (bicyclic) bond motifs is 1. The molecule has 0 spiro atoms. The number of rotatable bonds is 2. The molecule has 2 nitrogen and oxygen atoms in total. The standard InChI is InChI=1S/C16H12ClNO/c17-12-5-3-4-11(10-12)16(19)14-8-9-18-15-7-2-1-6-13(14)15/h1-10,16,19H. The molecule has 1 heterocycles. The molecule has 1 N–H and O–H groups in total. The zero-order valence-corrected chi connectivity index (χ0v) is 10.9. The number of benzene rings is 2. The van der Waals surface area contributed by atoms with Crippen LogP contribution >= 0.6 is 11.6 Å². The number of hydrogen-bond donors (Lipinski definition) is 1. The second kappa shape index (κ2) is 5.00. The molecule has 1 atom stereocenters. The van der Waals surface area contributed by atoms with E-state index in [2.05, 4.69) is 4.98 Å². The van der Waals surface area contributed by atoms with Gasteiger partial charge < -0.3 is 5.11 Å². The fourth-order valence-corrected chi connectivity index (χ4v) is 2.41. The molecule has 0 saturated carbocycles. The van der Waals surface area contributed by atoms with Crippen LogP contribution in [-0.4, -0.2) is 10.1 Å². The van der Waals surface area contributed by atoms with E-state index in [1.807, 2.05) is 42.5 Å². The Bertz CT molecular complexity index is 721. The average Bonchev–Trinajstić information content (AvgIpc) is 2.46. The third-order valence-corrected chi connectivity index (χ3v) is 3.38. The smallest absolute Gasteiger partial charge is 0.105 e. The van der Waals surface area contributed by atoms with Gasteiger partial charge in [0.15, 0.2) is 0 Å². The van der Waals surface area contributed by atoms with Gasteiger partial charge in [0.1, 0.15) is 6.10 Å². The Morgan fingerprint density at radius 3 is 2.68 bits per heavy atom. The summed E-state index contributed by atoms with van der Waals surface area (Å²) >= 11 is 5.97. The van der Waals surface area contributed by atoms with Crippen molar-refractivity contribution >= 4 is 22.5 Å². The van der Waals surface area contributed by atoms with Gasteiger partial charge in [0.2, 0.25) is 0 Å². The van der Waals surface area contributed by atoms with Crippen molar-refractivity contribution in [3.05, 3.63) is 76.9 Å². The van der Waals surface area contributed by atoms with Crippen molar-refractivity contribution in [3.63, 3.8) is 0 Å². The Balaban J connectivity index is 2.14. The van der Waals surface area contributed by atoms with Crippen LogP contribution in [0, 0.1) is 0 Å². The summed E-state index contributed by atoms with van der Waals surface area (Å²) in [5, 5.41) is 12.1. The molecule has 0 aliphatic carbocycles. The fourth-order valence-electron chi connectivity index (χ4n) is 2.21. The van der Waals surface area contributed by atoms with Gasteiger partial charge >= 0.3 is 0 Å². The van der Waals surface area contributed by atoms with Crippen LogP contribution in [-0.2, 0) is 0 Å². The first-order chi connectivity index (χ1) is 9.25. The van der Waals surface area contributed by atoms with Gasteiger partial charge in [0.25, 0.3) is 0 Å². The summed E-state index contributed by atoms with van der Waals surface area (Å²) in [4.78, 5) is 4.30. The SMILES string of the molecule is OC(c1cccc(Cl)c1)c1ccnc2ccccc12. The quantitative estimate of drug-likeness (QED) is 0.764. The van der Waals surface area contributed by atoms with Gasteiger partial charge in [-0.25, -0.2) is 0 Å². The van der Waals surface area contributed by atoms with Gasteiger partial charge in [-0.3, -0.25) is 4.98 Å². The van der Waals surface area contributed by atoms with Crippen LogP contribution < -0.4 is 0 Å². The Hall–Kier alpha value is -1.90. The number of aromatic nitrogens is 1. The summed E-state index contributed by atoms with van der Waals surface area (Å²) in [7, 11) is 0. The number of para-hydroxylation sites is 1. The van der Waals surface area contributed by atoms with Crippen molar-refractivity contribution in [2.75, 3.05) is 0 Å². The summed E-state index contributed by atoms with van der Waals surface area (Å²) in [5.41, 5.74) is 2.50. The van der Waals surface area contributed by atoms with Gasteiger partial charge in [-0.15, -0.1) is 0 Å². The lowest BCUT2D eigenvalue weighted by atomic mass is 9.98. The maximum Gasteiger partial charge on any atom is 0.105 e. The van der Waals surface area contributed by atoms with Gasteiger partial charge in [-0.2, -0.15) is 0 Å². The zero-order valence-electron chi connectivity index (χ0n) is 10.1. The molecule has 3 heteroatoms. The summed E-state index contributed by atoms with van der Waals surface area (Å²) in [6.07, 6.45) is 1.01. The van der Waals surface area contributed by atoms with Crippen LogP contribution in [0.3, 0.4) is 0 Å². The average molecular weight is 270 g/mol. The second-order valence-corrected chi connectivity index (χ2v) is 4.81. The van der Waals surface area contributed by atoms with Crippen molar-refractivity contribution in [1.82, 2.24) is 4.98 Å². The molecule has 0 aliphatic heterocycles. The van der Waals surface area contributed by atoms with Gasteiger partial charge in [0, 0.05) is 16.6 Å². The minimum atomic E-state index is -0.702. The first-order valence-electron chi connectivity index (χ1n) is 6.03. The molecular weight excluding hydrogens is 258 g/mol. The van der Waals surface area contributed by atoms with Crippen molar-refractivity contribution in [2.24, 2.45) is 0 Å². The lowest BCUT2D eigenvalue weighted by molar-refractivity contribution is 0.222. The highest BCUT2D eigenvalue weighted by Gasteiger charge is 2.13. The molecule has 19 heavy (non-hydrogen) atoms. The van der Waals surface area contributed by atoms with E-state index in [4.69, 9.17) is 11.6 Å². The third kappa shape index (κ3) is 2.33. The van der Waals surface area contributed by atoms with Crippen LogP contribution in [0.1, 0.15) is 17.2 Å².